The normalized spacial score (nSPS) is 16.9. The molecule has 0 atom stereocenters. The molecule has 28 heavy (non-hydrogen) atoms. The van der Waals surface area contributed by atoms with E-state index < -0.39 is 0 Å². The number of likely N-dealkylation sites (tertiary alicyclic amines) is 1. The zero-order chi connectivity index (χ0) is 19.5. The fraction of sp³-hybridized carbons (Fsp3) is 0.286. The van der Waals surface area contributed by atoms with Crippen molar-refractivity contribution in [1.29, 1.82) is 0 Å². The summed E-state index contributed by atoms with van der Waals surface area (Å²) in [5, 5.41) is 5.72. The molecule has 0 unspecified atom stereocenters. The Labute approximate surface area is 167 Å². The lowest BCUT2D eigenvalue weighted by atomic mass is 9.89. The lowest BCUT2D eigenvalue weighted by molar-refractivity contribution is -0.113. The van der Waals surface area contributed by atoms with E-state index in [9.17, 15) is 14.4 Å². The maximum absolute atomic E-state index is 12.6. The van der Waals surface area contributed by atoms with Crippen LogP contribution in [0.15, 0.2) is 53.4 Å². The number of fused-ring (bicyclic) bond motifs is 1. The first-order valence-electron chi connectivity index (χ1n) is 9.32. The highest BCUT2D eigenvalue weighted by Gasteiger charge is 2.28. The maximum Gasteiger partial charge on any atom is 0.321 e. The van der Waals surface area contributed by atoms with Gasteiger partial charge in [0, 0.05) is 35.2 Å². The number of ketones is 1. The van der Waals surface area contributed by atoms with Gasteiger partial charge in [-0.05, 0) is 31.0 Å². The summed E-state index contributed by atoms with van der Waals surface area (Å²) in [6, 6.07) is 14.7. The second-order valence-electron chi connectivity index (χ2n) is 6.97. The average molecular weight is 395 g/mol. The van der Waals surface area contributed by atoms with Crippen molar-refractivity contribution in [2.45, 2.75) is 17.7 Å². The second-order valence-corrected chi connectivity index (χ2v) is 7.99. The third-order valence-corrected chi connectivity index (χ3v) is 6.15. The van der Waals surface area contributed by atoms with Crippen LogP contribution in [0.1, 0.15) is 23.2 Å². The number of anilines is 2. The van der Waals surface area contributed by atoms with Gasteiger partial charge in [0.2, 0.25) is 5.91 Å². The number of benzene rings is 2. The molecule has 0 spiro atoms. The van der Waals surface area contributed by atoms with Crippen molar-refractivity contribution in [3.63, 3.8) is 0 Å². The lowest BCUT2D eigenvalue weighted by Crippen LogP contribution is -2.42. The molecule has 2 N–H and O–H groups in total. The second kappa shape index (κ2) is 8.06. The average Bonchev–Trinajstić information content (AvgIpc) is 2.73. The van der Waals surface area contributed by atoms with E-state index in [0.29, 0.717) is 37.4 Å². The van der Waals surface area contributed by atoms with Crippen LogP contribution in [-0.2, 0) is 4.79 Å². The van der Waals surface area contributed by atoms with Crippen LogP contribution in [0.2, 0.25) is 0 Å². The van der Waals surface area contributed by atoms with Crippen LogP contribution in [-0.4, -0.2) is 41.5 Å². The minimum atomic E-state index is -0.180. The van der Waals surface area contributed by atoms with Crippen molar-refractivity contribution >= 4 is 40.9 Å². The highest BCUT2D eigenvalue weighted by molar-refractivity contribution is 8.00. The molecule has 0 aromatic heterocycles. The van der Waals surface area contributed by atoms with Crippen molar-refractivity contribution in [2.75, 3.05) is 29.5 Å². The summed E-state index contributed by atoms with van der Waals surface area (Å²) in [4.78, 5) is 39.4. The number of amides is 3. The minimum absolute atomic E-state index is 0.0360. The molecule has 3 amide bonds. The summed E-state index contributed by atoms with van der Waals surface area (Å²) in [6.45, 7) is 1.10. The van der Waals surface area contributed by atoms with Gasteiger partial charge in [0.05, 0.1) is 11.4 Å². The highest BCUT2D eigenvalue weighted by Crippen LogP contribution is 2.33. The van der Waals surface area contributed by atoms with Gasteiger partial charge in [-0.2, -0.15) is 0 Å². The van der Waals surface area contributed by atoms with Gasteiger partial charge in [0.25, 0.3) is 0 Å². The summed E-state index contributed by atoms with van der Waals surface area (Å²) in [6.07, 6.45) is 1.33. The number of rotatable bonds is 3. The number of nitrogens with zero attached hydrogens (tertiary/aromatic N) is 1. The Bertz CT molecular complexity index is 908. The monoisotopic (exact) mass is 395 g/mol. The number of hydrogen-bond acceptors (Lipinski definition) is 4. The quantitative estimate of drug-likeness (QED) is 0.774. The van der Waals surface area contributed by atoms with Crippen LogP contribution in [0.3, 0.4) is 0 Å². The number of Topliss-reactive ketones (excluding diaryl/α,β-unsaturated/α-hetero) is 1. The van der Waals surface area contributed by atoms with E-state index >= 15 is 0 Å². The van der Waals surface area contributed by atoms with Gasteiger partial charge in [0.15, 0.2) is 5.78 Å². The predicted molar refractivity (Wildman–Crippen MR) is 110 cm³/mol. The van der Waals surface area contributed by atoms with Gasteiger partial charge in [0.1, 0.15) is 0 Å². The van der Waals surface area contributed by atoms with Crippen LogP contribution < -0.4 is 10.6 Å². The van der Waals surface area contributed by atoms with Crippen molar-refractivity contribution < 1.29 is 14.4 Å². The zero-order valence-electron chi connectivity index (χ0n) is 15.3. The molecule has 0 saturated carbocycles. The summed E-state index contributed by atoms with van der Waals surface area (Å²) in [5.74, 6) is 0.493. The van der Waals surface area contributed by atoms with Gasteiger partial charge in [-0.25, -0.2) is 4.79 Å². The number of hydrogen-bond donors (Lipinski definition) is 2. The van der Waals surface area contributed by atoms with Crippen LogP contribution in [0.25, 0.3) is 0 Å². The molecule has 144 valence electrons. The Hall–Kier alpha value is -2.80. The SMILES string of the molecule is O=C1CSc2ccc(NC(=O)N3CCC(C(=O)c4ccccc4)CC3)cc2N1. The van der Waals surface area contributed by atoms with Crippen LogP contribution in [0.5, 0.6) is 0 Å². The Morgan fingerprint density at radius 3 is 2.57 bits per heavy atom. The summed E-state index contributed by atoms with van der Waals surface area (Å²) in [5.41, 5.74) is 2.11. The number of carbonyl (C=O) groups is 3. The number of carbonyl (C=O) groups excluding carboxylic acids is 3. The van der Waals surface area contributed by atoms with Gasteiger partial charge in [-0.3, -0.25) is 9.59 Å². The molecule has 1 fully saturated rings. The summed E-state index contributed by atoms with van der Waals surface area (Å²) >= 11 is 1.49. The topological polar surface area (TPSA) is 78.5 Å². The Morgan fingerprint density at radius 2 is 1.82 bits per heavy atom. The van der Waals surface area contributed by atoms with Gasteiger partial charge in [-0.15, -0.1) is 11.8 Å². The molecule has 2 aliphatic heterocycles. The lowest BCUT2D eigenvalue weighted by Gasteiger charge is -2.31. The van der Waals surface area contributed by atoms with Gasteiger partial charge >= 0.3 is 6.03 Å². The largest absolute Gasteiger partial charge is 0.324 e. The molecule has 4 rings (SSSR count). The first kappa shape index (κ1) is 18.6. The third-order valence-electron chi connectivity index (χ3n) is 5.07. The first-order valence-corrected chi connectivity index (χ1v) is 10.3. The van der Waals surface area contributed by atoms with Crippen molar-refractivity contribution in [2.24, 2.45) is 5.92 Å². The maximum atomic E-state index is 12.6. The van der Waals surface area contributed by atoms with Crippen LogP contribution >= 0.6 is 11.8 Å². The van der Waals surface area contributed by atoms with Crippen LogP contribution in [0, 0.1) is 5.92 Å². The molecule has 0 aliphatic carbocycles. The highest BCUT2D eigenvalue weighted by atomic mass is 32.2. The molecule has 0 radical (unpaired) electrons. The molecule has 2 aromatic rings. The standard InChI is InChI=1S/C21H21N3O3S/c25-19-13-28-18-7-6-16(12-17(18)23-19)22-21(27)24-10-8-15(9-11-24)20(26)14-4-2-1-3-5-14/h1-7,12,15H,8-11,13H2,(H,22,27)(H,23,25). The predicted octanol–water partition coefficient (Wildman–Crippen LogP) is 3.86. The van der Waals surface area contributed by atoms with Crippen molar-refractivity contribution in [3.05, 3.63) is 54.1 Å². The van der Waals surface area contributed by atoms with E-state index in [1.165, 1.54) is 11.8 Å². The molecule has 2 aromatic carbocycles. The molecule has 1 saturated heterocycles. The molecule has 6 nitrogen and oxygen atoms in total. The smallest absolute Gasteiger partial charge is 0.321 e. The van der Waals surface area contributed by atoms with E-state index in [1.54, 1.807) is 11.0 Å². The van der Waals surface area contributed by atoms with Crippen LogP contribution in [0.4, 0.5) is 16.2 Å². The molecular weight excluding hydrogens is 374 g/mol. The van der Waals surface area contributed by atoms with Crippen molar-refractivity contribution in [3.8, 4) is 0 Å². The van der Waals surface area contributed by atoms with Gasteiger partial charge < -0.3 is 15.5 Å². The first-order chi connectivity index (χ1) is 13.6. The molecule has 2 heterocycles. The number of nitrogens with one attached hydrogen (secondary N) is 2. The summed E-state index contributed by atoms with van der Waals surface area (Å²) < 4.78 is 0. The number of thioether (sulfide) groups is 1. The Balaban J connectivity index is 1.34. The molecule has 7 heteroatoms. The van der Waals surface area contributed by atoms with E-state index in [-0.39, 0.29) is 23.6 Å². The zero-order valence-corrected chi connectivity index (χ0v) is 16.1. The van der Waals surface area contributed by atoms with Gasteiger partial charge in [-0.1, -0.05) is 30.3 Å². The number of urea groups is 1. The number of piperidine rings is 1. The fourth-order valence-corrected chi connectivity index (χ4v) is 4.33. The third kappa shape index (κ3) is 4.04. The van der Waals surface area contributed by atoms with Crippen molar-refractivity contribution in [1.82, 2.24) is 4.90 Å². The molecule has 2 aliphatic rings. The summed E-state index contributed by atoms with van der Waals surface area (Å²) in [7, 11) is 0. The minimum Gasteiger partial charge on any atom is -0.324 e. The van der Waals surface area contributed by atoms with E-state index in [0.717, 1.165) is 16.1 Å². The Kier molecular flexibility index (Phi) is 5.34. The van der Waals surface area contributed by atoms with E-state index in [1.807, 2.05) is 42.5 Å². The Morgan fingerprint density at radius 1 is 1.07 bits per heavy atom. The molecule has 0 bridgehead atoms. The van der Waals surface area contributed by atoms with E-state index in [4.69, 9.17) is 0 Å². The molecular formula is C21H21N3O3S. The fourth-order valence-electron chi connectivity index (χ4n) is 3.55. The van der Waals surface area contributed by atoms with E-state index in [2.05, 4.69) is 10.6 Å².